The number of hydrogen-bond donors (Lipinski definition) is 0. The van der Waals surface area contributed by atoms with Crippen LogP contribution < -0.4 is 0 Å². The summed E-state index contributed by atoms with van der Waals surface area (Å²) in [7, 11) is 0. The zero-order valence-electron chi connectivity index (χ0n) is 25.2. The van der Waals surface area contributed by atoms with Gasteiger partial charge in [0.15, 0.2) is 5.54 Å². The van der Waals surface area contributed by atoms with Gasteiger partial charge in [0.1, 0.15) is 0 Å². The smallest absolute Gasteiger partial charge is 0.246 e. The van der Waals surface area contributed by atoms with Crippen molar-refractivity contribution in [1.29, 1.82) is 0 Å². The van der Waals surface area contributed by atoms with Crippen LogP contribution in [-0.4, -0.2) is 21.6 Å². The minimum Gasteiger partial charge on any atom is -0.283 e. The summed E-state index contributed by atoms with van der Waals surface area (Å²) in [6.07, 6.45) is 4.75. The average molecular weight is 521 g/mol. The lowest BCUT2D eigenvalue weighted by Crippen LogP contribution is -2.36. The maximum atomic E-state index is 14.8. The summed E-state index contributed by atoms with van der Waals surface area (Å²) in [4.78, 5) is 14.8. The number of carbonyl (C=O) groups is 1. The average Bonchev–Trinajstić information content (AvgIpc) is 3.18. The standard InChI is InChI=1S/C37H46NO/c1-9-37(10-2)25-36(7,8)38(34-30(26(3)4)22-17-23-31(34)27(5)6)35(37)33(39)24-32(28-18-13-11-14-19-28)29-20-15-12-16-21-29/h11-24,26-27H,9-10,25H2,1-8H3/q+1. The van der Waals surface area contributed by atoms with E-state index in [1.165, 1.54) is 16.8 Å². The molecular formula is C37H46NO+. The van der Waals surface area contributed by atoms with Crippen LogP contribution in [0.15, 0.2) is 84.9 Å². The first-order valence-electron chi connectivity index (χ1n) is 14.7. The summed E-state index contributed by atoms with van der Waals surface area (Å²) >= 11 is 0. The van der Waals surface area contributed by atoms with Crippen molar-refractivity contribution in [2.45, 2.75) is 92.0 Å². The molecule has 0 saturated heterocycles. The Labute approximate surface area is 236 Å². The van der Waals surface area contributed by atoms with E-state index < -0.39 is 0 Å². The van der Waals surface area contributed by atoms with Gasteiger partial charge >= 0.3 is 0 Å². The molecule has 0 N–H and O–H groups in total. The maximum Gasteiger partial charge on any atom is 0.246 e. The van der Waals surface area contributed by atoms with Crippen LogP contribution in [0.3, 0.4) is 0 Å². The lowest BCUT2D eigenvalue weighted by molar-refractivity contribution is -0.515. The van der Waals surface area contributed by atoms with Gasteiger partial charge in [0.25, 0.3) is 0 Å². The van der Waals surface area contributed by atoms with Gasteiger partial charge in [0.05, 0.1) is 5.41 Å². The second-order valence-corrected chi connectivity index (χ2v) is 12.4. The van der Waals surface area contributed by atoms with Crippen molar-refractivity contribution in [3.05, 3.63) is 107 Å². The van der Waals surface area contributed by atoms with E-state index in [1.54, 1.807) is 0 Å². The van der Waals surface area contributed by atoms with Crippen molar-refractivity contribution in [3.63, 3.8) is 0 Å². The van der Waals surface area contributed by atoms with Crippen LogP contribution in [0.5, 0.6) is 0 Å². The highest BCUT2D eigenvalue weighted by Gasteiger charge is 2.58. The van der Waals surface area contributed by atoms with Crippen molar-refractivity contribution in [1.82, 2.24) is 0 Å². The van der Waals surface area contributed by atoms with Gasteiger partial charge in [0.2, 0.25) is 17.2 Å². The molecule has 0 amide bonds. The zero-order valence-corrected chi connectivity index (χ0v) is 25.2. The molecule has 1 heterocycles. The van der Waals surface area contributed by atoms with Gasteiger partial charge in [-0.3, -0.25) is 4.79 Å². The van der Waals surface area contributed by atoms with Crippen molar-refractivity contribution in [2.24, 2.45) is 5.41 Å². The van der Waals surface area contributed by atoms with Gasteiger partial charge in [-0.1, -0.05) is 120 Å². The highest BCUT2D eigenvalue weighted by atomic mass is 16.1. The zero-order chi connectivity index (χ0) is 28.4. The maximum absolute atomic E-state index is 14.8. The second kappa shape index (κ2) is 11.5. The summed E-state index contributed by atoms with van der Waals surface area (Å²) in [5, 5.41) is 0. The minimum atomic E-state index is -0.195. The first-order valence-corrected chi connectivity index (χ1v) is 14.7. The van der Waals surface area contributed by atoms with Gasteiger partial charge in [-0.25, -0.2) is 0 Å². The van der Waals surface area contributed by atoms with E-state index in [1.807, 2.05) is 42.5 Å². The van der Waals surface area contributed by atoms with E-state index in [4.69, 9.17) is 0 Å². The second-order valence-electron chi connectivity index (χ2n) is 12.4. The van der Waals surface area contributed by atoms with E-state index in [-0.39, 0.29) is 16.7 Å². The first kappa shape index (κ1) is 28.7. The Balaban J connectivity index is 2.09. The molecule has 4 rings (SSSR count). The number of allylic oxidation sites excluding steroid dienone is 1. The molecule has 0 spiro atoms. The molecule has 0 atom stereocenters. The third-order valence-electron chi connectivity index (χ3n) is 8.70. The summed E-state index contributed by atoms with van der Waals surface area (Å²) in [6, 6.07) is 27.4. The molecule has 1 aliphatic heterocycles. The molecule has 204 valence electrons. The van der Waals surface area contributed by atoms with E-state index in [0.29, 0.717) is 11.8 Å². The molecule has 3 aromatic carbocycles. The summed E-state index contributed by atoms with van der Waals surface area (Å²) in [6.45, 7) is 18.2. The quantitative estimate of drug-likeness (QED) is 0.203. The van der Waals surface area contributed by atoms with Gasteiger partial charge in [-0.15, -0.1) is 0 Å². The van der Waals surface area contributed by atoms with Crippen molar-refractivity contribution in [2.75, 3.05) is 0 Å². The Morgan fingerprint density at radius 2 is 1.23 bits per heavy atom. The molecule has 2 heteroatoms. The van der Waals surface area contributed by atoms with Gasteiger partial charge in [-0.05, 0) is 41.4 Å². The third-order valence-corrected chi connectivity index (χ3v) is 8.70. The topological polar surface area (TPSA) is 20.1 Å². The van der Waals surface area contributed by atoms with Crippen molar-refractivity contribution in [3.8, 4) is 0 Å². The van der Waals surface area contributed by atoms with E-state index >= 15 is 0 Å². The molecule has 0 radical (unpaired) electrons. The molecule has 0 bridgehead atoms. The van der Waals surface area contributed by atoms with Crippen molar-refractivity contribution >= 4 is 22.8 Å². The van der Waals surface area contributed by atoms with Gasteiger partial charge in [0, 0.05) is 37.5 Å². The Morgan fingerprint density at radius 3 is 1.64 bits per heavy atom. The fourth-order valence-corrected chi connectivity index (χ4v) is 6.69. The van der Waals surface area contributed by atoms with Gasteiger partial charge in [-0.2, -0.15) is 4.58 Å². The first-order chi connectivity index (χ1) is 18.6. The number of hydrogen-bond acceptors (Lipinski definition) is 1. The fraction of sp³-hybridized carbons (Fsp3) is 0.405. The molecule has 0 aliphatic carbocycles. The number of para-hydroxylation sites is 1. The van der Waals surface area contributed by atoms with E-state index in [0.717, 1.165) is 41.7 Å². The third kappa shape index (κ3) is 5.44. The molecule has 0 fully saturated rings. The monoisotopic (exact) mass is 520 g/mol. The van der Waals surface area contributed by atoms with Crippen LogP contribution in [0, 0.1) is 5.41 Å². The Morgan fingerprint density at radius 1 is 0.769 bits per heavy atom. The Bertz CT molecular complexity index is 1300. The van der Waals surface area contributed by atoms with Crippen LogP contribution >= 0.6 is 0 Å². The normalized spacial score (nSPS) is 16.2. The van der Waals surface area contributed by atoms with Crippen LogP contribution in [0.25, 0.3) is 5.57 Å². The molecular weight excluding hydrogens is 474 g/mol. The SMILES string of the molecule is CCC1(CC)CC(C)(C)[N+](c2c(C(C)C)cccc2C(C)C)=C1C(=O)C=C(c1ccccc1)c1ccccc1. The van der Waals surface area contributed by atoms with Crippen LogP contribution in [0.1, 0.15) is 109 Å². The number of benzene rings is 3. The van der Waals surface area contributed by atoms with Crippen LogP contribution in [0.4, 0.5) is 5.69 Å². The fourth-order valence-electron chi connectivity index (χ4n) is 6.69. The molecule has 3 aromatic rings. The highest BCUT2D eigenvalue weighted by Crippen LogP contribution is 2.50. The molecule has 0 unspecified atom stereocenters. The largest absolute Gasteiger partial charge is 0.283 e. The lowest BCUT2D eigenvalue weighted by atomic mass is 9.72. The van der Waals surface area contributed by atoms with Gasteiger partial charge < -0.3 is 0 Å². The number of ketones is 1. The lowest BCUT2D eigenvalue weighted by Gasteiger charge is -2.24. The molecule has 2 nitrogen and oxygen atoms in total. The van der Waals surface area contributed by atoms with E-state index in [9.17, 15) is 4.79 Å². The van der Waals surface area contributed by atoms with Crippen molar-refractivity contribution < 1.29 is 9.37 Å². The predicted octanol–water partition coefficient (Wildman–Crippen LogP) is 9.71. The molecule has 0 aromatic heterocycles. The predicted molar refractivity (Wildman–Crippen MR) is 166 cm³/mol. The van der Waals surface area contributed by atoms with Crippen LogP contribution in [0.2, 0.25) is 0 Å². The summed E-state index contributed by atoms with van der Waals surface area (Å²) in [5.74, 6) is 0.827. The van der Waals surface area contributed by atoms with E-state index in [2.05, 4.69) is 102 Å². The number of nitrogens with zero attached hydrogens (tertiary/aromatic N) is 1. The minimum absolute atomic E-state index is 0.125. The van der Waals surface area contributed by atoms with Crippen LogP contribution in [-0.2, 0) is 4.79 Å². The summed E-state index contributed by atoms with van der Waals surface area (Å²) in [5.41, 5.74) is 7.55. The summed E-state index contributed by atoms with van der Waals surface area (Å²) < 4.78 is 2.47. The number of rotatable bonds is 9. The molecule has 1 aliphatic rings. The Hall–Kier alpha value is -3.26. The molecule has 39 heavy (non-hydrogen) atoms. The number of carbonyl (C=O) groups excluding carboxylic acids is 1. The molecule has 0 saturated carbocycles. The Kier molecular flexibility index (Phi) is 8.45. The highest BCUT2D eigenvalue weighted by molar-refractivity contribution is 6.45.